The van der Waals surface area contributed by atoms with E-state index < -0.39 is 0 Å². The van der Waals surface area contributed by atoms with Crippen LogP contribution in [0.15, 0.2) is 97.1 Å². The van der Waals surface area contributed by atoms with Crippen molar-refractivity contribution in [1.29, 1.82) is 0 Å². The Morgan fingerprint density at radius 3 is 1.07 bits per heavy atom. The monoisotopic (exact) mass is 639 g/mol. The number of quaternary nitrogens is 2. The smallest absolute Gasteiger partial charge is 0.188 e. The third-order valence-electron chi connectivity index (χ3n) is 9.63. The van der Waals surface area contributed by atoms with Gasteiger partial charge in [-0.25, -0.2) is 0 Å². The molecule has 6 rings (SSSR count). The summed E-state index contributed by atoms with van der Waals surface area (Å²) in [5.41, 5.74) is 11.3. The molecule has 2 heterocycles. The fourth-order valence-corrected chi connectivity index (χ4v) is 7.20. The number of ether oxygens (including phenoxy) is 1. The van der Waals surface area contributed by atoms with E-state index in [4.69, 9.17) is 4.74 Å². The van der Waals surface area contributed by atoms with Gasteiger partial charge in [0.2, 0.25) is 0 Å². The topological polar surface area (TPSA) is 15.7 Å². The fourth-order valence-electron chi connectivity index (χ4n) is 7.20. The average Bonchev–Trinajstić information content (AvgIpc) is 3.29. The van der Waals surface area contributed by atoms with Crippen molar-refractivity contribution in [3.05, 3.63) is 119 Å². The van der Waals surface area contributed by atoms with Gasteiger partial charge in [0.15, 0.2) is 13.5 Å². The molecular formula is C40H52ClN4O+. The van der Waals surface area contributed by atoms with Gasteiger partial charge in [0.05, 0.1) is 41.3 Å². The van der Waals surface area contributed by atoms with E-state index >= 15 is 0 Å². The van der Waals surface area contributed by atoms with Crippen molar-refractivity contribution in [3.63, 3.8) is 0 Å². The summed E-state index contributed by atoms with van der Waals surface area (Å²) in [4.78, 5) is 5.11. The zero-order valence-electron chi connectivity index (χ0n) is 28.3. The standard InChI is InChI=1S/C40H52N4O.ClH/c1-43(2,29-13-27-41-37-19-9-5-15-33(37)23-24-34-16-6-10-20-38(34)41)31-45-32-44(3,4)30-14-28-42-39-21-11-7-17-35(39)25-26-36-18-8-12-22-40(36)42;/h5-12,15-22H,13-14,23-32H2,1-4H3;1H/q+2;/p-1. The molecule has 0 radical (unpaired) electrons. The molecule has 2 aliphatic rings. The number of rotatable bonds is 12. The van der Waals surface area contributed by atoms with Crippen molar-refractivity contribution in [2.45, 2.75) is 38.5 Å². The number of para-hydroxylation sites is 4. The summed E-state index contributed by atoms with van der Waals surface area (Å²) in [5, 5.41) is 0. The SMILES string of the molecule is C[N+](C)(CCCN1c2ccccc2CCc2ccccc21)COC[N+](C)(C)CCCN1c2ccccc2CCc2ccccc21.[Cl-]. The zero-order valence-corrected chi connectivity index (χ0v) is 29.1. The largest absolute Gasteiger partial charge is 1.00 e. The average molecular weight is 640 g/mol. The first kappa shape index (κ1) is 34.0. The lowest BCUT2D eigenvalue weighted by Crippen LogP contribution is -3.00. The van der Waals surface area contributed by atoms with Crippen LogP contribution in [-0.4, -0.2) is 76.8 Å². The summed E-state index contributed by atoms with van der Waals surface area (Å²) in [6.45, 7) is 5.62. The normalized spacial score (nSPS) is 14.3. The summed E-state index contributed by atoms with van der Waals surface area (Å²) < 4.78 is 8.15. The Morgan fingerprint density at radius 2 is 0.761 bits per heavy atom. The predicted molar refractivity (Wildman–Crippen MR) is 189 cm³/mol. The van der Waals surface area contributed by atoms with Crippen molar-refractivity contribution in [2.75, 3.05) is 77.6 Å². The molecule has 0 N–H and O–H groups in total. The molecule has 4 aromatic carbocycles. The minimum absolute atomic E-state index is 0. The van der Waals surface area contributed by atoms with Crippen LogP contribution in [0.2, 0.25) is 0 Å². The second kappa shape index (κ2) is 15.0. The van der Waals surface area contributed by atoms with Gasteiger partial charge in [-0.1, -0.05) is 72.8 Å². The predicted octanol–water partition coefficient (Wildman–Crippen LogP) is 4.73. The molecule has 0 atom stereocenters. The van der Waals surface area contributed by atoms with E-state index in [0.29, 0.717) is 0 Å². The molecule has 0 bridgehead atoms. The molecule has 0 fully saturated rings. The number of nitrogens with zero attached hydrogens (tertiary/aromatic N) is 4. The van der Waals surface area contributed by atoms with Crippen molar-refractivity contribution in [3.8, 4) is 0 Å². The highest BCUT2D eigenvalue weighted by Gasteiger charge is 2.25. The molecule has 0 aliphatic carbocycles. The fraction of sp³-hybridized carbons (Fsp3) is 0.400. The van der Waals surface area contributed by atoms with E-state index in [-0.39, 0.29) is 12.4 Å². The van der Waals surface area contributed by atoms with Crippen LogP contribution in [0.4, 0.5) is 22.7 Å². The Balaban J connectivity index is 0.00000417. The highest BCUT2D eigenvalue weighted by atomic mass is 35.5. The van der Waals surface area contributed by atoms with E-state index in [9.17, 15) is 0 Å². The van der Waals surface area contributed by atoms with Crippen molar-refractivity contribution in [2.24, 2.45) is 0 Å². The van der Waals surface area contributed by atoms with Crippen LogP contribution in [-0.2, 0) is 30.4 Å². The summed E-state index contributed by atoms with van der Waals surface area (Å²) in [6, 6.07) is 35.8. The first-order chi connectivity index (χ1) is 21.8. The molecule has 0 spiro atoms. The number of hydrogen-bond acceptors (Lipinski definition) is 3. The third kappa shape index (κ3) is 8.13. The maximum atomic E-state index is 6.43. The minimum atomic E-state index is 0. The number of hydrogen-bond donors (Lipinski definition) is 0. The van der Waals surface area contributed by atoms with Crippen molar-refractivity contribution in [1.82, 2.24) is 0 Å². The second-order valence-corrected chi connectivity index (χ2v) is 14.3. The quantitative estimate of drug-likeness (QED) is 0.165. The lowest BCUT2D eigenvalue weighted by Gasteiger charge is -2.35. The van der Waals surface area contributed by atoms with Crippen molar-refractivity contribution >= 4 is 22.7 Å². The van der Waals surface area contributed by atoms with E-state index in [0.717, 1.165) is 87.1 Å². The highest BCUT2D eigenvalue weighted by molar-refractivity contribution is 5.72. The Kier molecular flexibility index (Phi) is 11.1. The Morgan fingerprint density at radius 1 is 0.478 bits per heavy atom. The van der Waals surface area contributed by atoms with Crippen LogP contribution in [0, 0.1) is 0 Å². The van der Waals surface area contributed by atoms with Gasteiger partial charge in [-0.3, -0.25) is 4.74 Å². The molecule has 244 valence electrons. The van der Waals surface area contributed by atoms with E-state index in [1.54, 1.807) is 0 Å². The Labute approximate surface area is 283 Å². The lowest BCUT2D eigenvalue weighted by molar-refractivity contribution is -0.944. The summed E-state index contributed by atoms with van der Waals surface area (Å²) in [7, 11) is 9.22. The Hall–Kier alpha value is -3.35. The van der Waals surface area contributed by atoms with Crippen LogP contribution >= 0.6 is 0 Å². The van der Waals surface area contributed by atoms with E-state index in [1.807, 2.05) is 0 Å². The molecular weight excluding hydrogens is 588 g/mol. The number of anilines is 4. The van der Waals surface area contributed by atoms with E-state index in [2.05, 4.69) is 135 Å². The third-order valence-corrected chi connectivity index (χ3v) is 9.63. The maximum Gasteiger partial charge on any atom is 0.188 e. The first-order valence-electron chi connectivity index (χ1n) is 16.9. The maximum absolute atomic E-state index is 6.43. The molecule has 5 nitrogen and oxygen atoms in total. The summed E-state index contributed by atoms with van der Waals surface area (Å²) in [5.74, 6) is 0. The zero-order chi connectivity index (χ0) is 31.3. The second-order valence-electron chi connectivity index (χ2n) is 14.3. The highest BCUT2D eigenvalue weighted by Crippen LogP contribution is 2.37. The molecule has 0 aromatic heterocycles. The van der Waals surface area contributed by atoms with Gasteiger partial charge in [-0.2, -0.15) is 0 Å². The van der Waals surface area contributed by atoms with Crippen LogP contribution in [0.1, 0.15) is 35.1 Å². The molecule has 4 aromatic rings. The van der Waals surface area contributed by atoms with Crippen molar-refractivity contribution < 1.29 is 26.1 Å². The minimum Gasteiger partial charge on any atom is -1.00 e. The molecule has 2 aliphatic heterocycles. The molecule has 0 saturated heterocycles. The number of halogens is 1. The number of fused-ring (bicyclic) bond motifs is 4. The molecule has 46 heavy (non-hydrogen) atoms. The van der Waals surface area contributed by atoms with Crippen LogP contribution in [0.3, 0.4) is 0 Å². The van der Waals surface area contributed by atoms with Gasteiger partial charge in [0, 0.05) is 48.7 Å². The lowest BCUT2D eigenvalue weighted by atomic mass is 10.0. The summed E-state index contributed by atoms with van der Waals surface area (Å²) in [6.07, 6.45) is 6.63. The molecule has 0 amide bonds. The van der Waals surface area contributed by atoms with Gasteiger partial charge >= 0.3 is 0 Å². The van der Waals surface area contributed by atoms with Crippen LogP contribution < -0.4 is 22.2 Å². The van der Waals surface area contributed by atoms with Gasteiger partial charge in [-0.05, 0) is 72.2 Å². The molecule has 0 saturated carbocycles. The Bertz CT molecular complexity index is 1370. The first-order valence-corrected chi connectivity index (χ1v) is 16.9. The molecule has 6 heteroatoms. The van der Waals surface area contributed by atoms with Gasteiger partial charge in [-0.15, -0.1) is 0 Å². The van der Waals surface area contributed by atoms with Gasteiger partial charge < -0.3 is 31.2 Å². The molecule has 0 unspecified atom stereocenters. The summed E-state index contributed by atoms with van der Waals surface area (Å²) >= 11 is 0. The van der Waals surface area contributed by atoms with E-state index in [1.165, 1.54) is 45.0 Å². The number of benzene rings is 4. The van der Waals surface area contributed by atoms with Gasteiger partial charge in [0.25, 0.3) is 0 Å². The van der Waals surface area contributed by atoms with Gasteiger partial charge in [0.1, 0.15) is 0 Å². The number of aryl methyl sites for hydroxylation is 4. The van der Waals surface area contributed by atoms with Crippen LogP contribution in [0.25, 0.3) is 0 Å². The van der Waals surface area contributed by atoms with Crippen LogP contribution in [0.5, 0.6) is 0 Å².